The third-order valence-electron chi connectivity index (χ3n) is 3.66. The van der Waals surface area contributed by atoms with Gasteiger partial charge in [-0.25, -0.2) is 17.8 Å². The van der Waals surface area contributed by atoms with Crippen LogP contribution in [0.15, 0.2) is 41.3 Å². The lowest BCUT2D eigenvalue weighted by atomic mass is 10.3. The second-order valence-corrected chi connectivity index (χ2v) is 8.88. The highest BCUT2D eigenvalue weighted by molar-refractivity contribution is 7.90. The maximum absolute atomic E-state index is 12.5. The molecule has 1 aromatic heterocycles. The van der Waals surface area contributed by atoms with Crippen LogP contribution >= 0.6 is 46.4 Å². The Morgan fingerprint density at radius 3 is 2.21 bits per heavy atom. The summed E-state index contributed by atoms with van der Waals surface area (Å²) in [5.74, 6) is -0.972. The standard InChI is InChI=1S/C16H10Cl4N4O3S/c1-8-15(21-23-24(8)13-4-2-9(17)6-11(13)19)16(25)22-28(26,27)14-5-3-10(18)7-12(14)20/h2-7H,1H3,(H,22,25). The fourth-order valence-corrected chi connectivity index (χ4v) is 4.55. The van der Waals surface area contributed by atoms with Gasteiger partial charge in [-0.2, -0.15) is 0 Å². The normalized spacial score (nSPS) is 11.5. The second kappa shape index (κ2) is 7.88. The maximum Gasteiger partial charge on any atom is 0.287 e. The first-order valence-electron chi connectivity index (χ1n) is 7.50. The number of carbonyl (C=O) groups excluding carboxylic acids is 1. The molecule has 1 heterocycles. The summed E-state index contributed by atoms with van der Waals surface area (Å²) in [7, 11) is -4.25. The Labute approximate surface area is 180 Å². The number of carbonyl (C=O) groups is 1. The third-order valence-corrected chi connectivity index (χ3v) is 6.24. The molecule has 7 nitrogen and oxygen atoms in total. The zero-order valence-electron chi connectivity index (χ0n) is 14.0. The highest BCUT2D eigenvalue weighted by Gasteiger charge is 2.25. The molecule has 0 saturated carbocycles. The van der Waals surface area contributed by atoms with E-state index in [0.29, 0.717) is 10.7 Å². The average molecular weight is 480 g/mol. The van der Waals surface area contributed by atoms with Crippen molar-refractivity contribution in [3.05, 3.63) is 67.9 Å². The van der Waals surface area contributed by atoms with Gasteiger partial charge >= 0.3 is 0 Å². The Morgan fingerprint density at radius 1 is 1.00 bits per heavy atom. The molecule has 1 amide bonds. The largest absolute Gasteiger partial charge is 0.287 e. The number of halogens is 4. The molecule has 0 fully saturated rings. The molecule has 0 radical (unpaired) electrons. The van der Waals surface area contributed by atoms with Crippen molar-refractivity contribution in [1.29, 1.82) is 0 Å². The van der Waals surface area contributed by atoms with Crippen LogP contribution in [0.25, 0.3) is 5.69 Å². The first-order chi connectivity index (χ1) is 13.1. The molecule has 1 N–H and O–H groups in total. The molecule has 0 bridgehead atoms. The van der Waals surface area contributed by atoms with Crippen molar-refractivity contribution in [3.63, 3.8) is 0 Å². The first-order valence-corrected chi connectivity index (χ1v) is 10.5. The highest BCUT2D eigenvalue weighted by Crippen LogP contribution is 2.26. The Morgan fingerprint density at radius 2 is 1.61 bits per heavy atom. The van der Waals surface area contributed by atoms with E-state index in [0.717, 1.165) is 0 Å². The molecule has 0 unspecified atom stereocenters. The van der Waals surface area contributed by atoms with Gasteiger partial charge in [-0.15, -0.1) is 5.10 Å². The minimum atomic E-state index is -4.25. The van der Waals surface area contributed by atoms with Gasteiger partial charge in [0.25, 0.3) is 15.9 Å². The molecule has 0 saturated heterocycles. The lowest BCUT2D eigenvalue weighted by molar-refractivity contribution is 0.0976. The monoisotopic (exact) mass is 478 g/mol. The predicted octanol–water partition coefficient (Wildman–Crippen LogP) is 4.31. The number of rotatable bonds is 4. The van der Waals surface area contributed by atoms with E-state index in [1.54, 1.807) is 19.1 Å². The van der Waals surface area contributed by atoms with Crippen LogP contribution in [0.4, 0.5) is 0 Å². The van der Waals surface area contributed by atoms with E-state index in [1.807, 2.05) is 4.72 Å². The molecule has 0 aliphatic heterocycles. The molecule has 0 aliphatic rings. The SMILES string of the molecule is Cc1c(C(=O)NS(=O)(=O)c2ccc(Cl)cc2Cl)nnn1-c1ccc(Cl)cc1Cl. The lowest BCUT2D eigenvalue weighted by Gasteiger charge is -2.09. The summed E-state index contributed by atoms with van der Waals surface area (Å²) >= 11 is 23.7. The van der Waals surface area contributed by atoms with Crippen LogP contribution < -0.4 is 4.72 Å². The van der Waals surface area contributed by atoms with Gasteiger partial charge < -0.3 is 0 Å². The molecule has 12 heteroatoms. The van der Waals surface area contributed by atoms with Crippen LogP contribution in [-0.4, -0.2) is 29.3 Å². The zero-order valence-corrected chi connectivity index (χ0v) is 17.8. The van der Waals surface area contributed by atoms with Crippen LogP contribution in [-0.2, 0) is 10.0 Å². The Bertz CT molecular complexity index is 1190. The van der Waals surface area contributed by atoms with E-state index < -0.39 is 15.9 Å². The quantitative estimate of drug-likeness (QED) is 0.601. The van der Waals surface area contributed by atoms with Crippen molar-refractivity contribution >= 4 is 62.3 Å². The summed E-state index contributed by atoms with van der Waals surface area (Å²) < 4.78 is 28.2. The van der Waals surface area contributed by atoms with Crippen LogP contribution in [0.2, 0.25) is 20.1 Å². The van der Waals surface area contributed by atoms with E-state index >= 15 is 0 Å². The van der Waals surface area contributed by atoms with Crippen LogP contribution in [0.5, 0.6) is 0 Å². The van der Waals surface area contributed by atoms with Crippen LogP contribution in [0.3, 0.4) is 0 Å². The fraction of sp³-hybridized carbons (Fsp3) is 0.0625. The summed E-state index contributed by atoms with van der Waals surface area (Å²) in [6.45, 7) is 1.54. The molecule has 3 aromatic rings. The van der Waals surface area contributed by atoms with Crippen molar-refractivity contribution in [2.45, 2.75) is 11.8 Å². The fourth-order valence-electron chi connectivity index (χ4n) is 2.34. The number of hydrogen-bond acceptors (Lipinski definition) is 5. The van der Waals surface area contributed by atoms with E-state index in [2.05, 4.69) is 10.3 Å². The molecular formula is C16H10Cl4N4O3S. The molecule has 0 spiro atoms. The number of amides is 1. The minimum absolute atomic E-state index is 0.124. The number of nitrogens with zero attached hydrogens (tertiary/aromatic N) is 3. The van der Waals surface area contributed by atoms with Gasteiger partial charge in [0.1, 0.15) is 4.90 Å². The van der Waals surface area contributed by atoms with Gasteiger partial charge in [0, 0.05) is 10.0 Å². The number of nitrogens with one attached hydrogen (secondary N) is 1. The van der Waals surface area contributed by atoms with Gasteiger partial charge in [-0.1, -0.05) is 51.6 Å². The topological polar surface area (TPSA) is 93.9 Å². The summed E-state index contributed by atoms with van der Waals surface area (Å²) in [4.78, 5) is 12.2. The minimum Gasteiger partial charge on any atom is -0.266 e. The van der Waals surface area contributed by atoms with Gasteiger partial charge in [-0.05, 0) is 43.3 Å². The highest BCUT2D eigenvalue weighted by atomic mass is 35.5. The van der Waals surface area contributed by atoms with E-state index in [1.165, 1.54) is 28.9 Å². The van der Waals surface area contributed by atoms with Crippen LogP contribution in [0.1, 0.15) is 16.2 Å². The van der Waals surface area contributed by atoms with Crippen molar-refractivity contribution in [2.75, 3.05) is 0 Å². The Kier molecular flexibility index (Phi) is 5.88. The van der Waals surface area contributed by atoms with Gasteiger partial charge in [0.05, 0.1) is 21.4 Å². The first kappa shape index (κ1) is 20.9. The lowest BCUT2D eigenvalue weighted by Crippen LogP contribution is -2.31. The summed E-state index contributed by atoms with van der Waals surface area (Å²) in [5, 5.41) is 8.48. The zero-order chi connectivity index (χ0) is 20.6. The Hall–Kier alpha value is -1.84. The molecule has 3 rings (SSSR count). The number of aromatic nitrogens is 3. The number of sulfonamides is 1. The number of hydrogen-bond donors (Lipinski definition) is 1. The van der Waals surface area contributed by atoms with E-state index in [-0.39, 0.29) is 31.4 Å². The molecule has 0 atom stereocenters. The van der Waals surface area contributed by atoms with Crippen LogP contribution in [0, 0.1) is 6.92 Å². The van der Waals surface area contributed by atoms with E-state index in [4.69, 9.17) is 46.4 Å². The predicted molar refractivity (Wildman–Crippen MR) is 107 cm³/mol. The Balaban J connectivity index is 1.92. The number of benzene rings is 2. The van der Waals surface area contributed by atoms with Crippen molar-refractivity contribution in [3.8, 4) is 5.69 Å². The van der Waals surface area contributed by atoms with Crippen molar-refractivity contribution in [2.24, 2.45) is 0 Å². The second-order valence-electron chi connectivity index (χ2n) is 5.54. The molecule has 28 heavy (non-hydrogen) atoms. The smallest absolute Gasteiger partial charge is 0.266 e. The summed E-state index contributed by atoms with van der Waals surface area (Å²) in [6.07, 6.45) is 0. The van der Waals surface area contributed by atoms with Crippen molar-refractivity contribution in [1.82, 2.24) is 19.7 Å². The summed E-state index contributed by atoms with van der Waals surface area (Å²) in [5.41, 5.74) is 0.512. The van der Waals surface area contributed by atoms with Gasteiger partial charge in [0.2, 0.25) is 0 Å². The van der Waals surface area contributed by atoms with E-state index in [9.17, 15) is 13.2 Å². The molecule has 146 valence electrons. The molecule has 2 aromatic carbocycles. The third kappa shape index (κ3) is 4.11. The summed E-state index contributed by atoms with van der Waals surface area (Å²) in [6, 6.07) is 8.49. The van der Waals surface area contributed by atoms with Gasteiger partial charge in [0.15, 0.2) is 5.69 Å². The molecule has 0 aliphatic carbocycles. The van der Waals surface area contributed by atoms with Gasteiger partial charge in [-0.3, -0.25) is 4.79 Å². The maximum atomic E-state index is 12.5. The molecular weight excluding hydrogens is 470 g/mol. The van der Waals surface area contributed by atoms with Crippen molar-refractivity contribution < 1.29 is 13.2 Å². The average Bonchev–Trinajstić information content (AvgIpc) is 2.95.